The Labute approximate surface area is 158 Å². The lowest BCUT2D eigenvalue weighted by Crippen LogP contribution is -2.33. The van der Waals surface area contributed by atoms with E-state index >= 15 is 0 Å². The molecule has 1 aliphatic rings. The minimum Gasteiger partial charge on any atom is -0.494 e. The third-order valence-corrected chi connectivity index (χ3v) is 4.73. The molecule has 0 saturated heterocycles. The highest BCUT2D eigenvalue weighted by molar-refractivity contribution is 6.04. The summed E-state index contributed by atoms with van der Waals surface area (Å²) < 4.78 is 7.13. The average molecular weight is 362 g/mol. The van der Waals surface area contributed by atoms with Crippen molar-refractivity contribution < 1.29 is 9.53 Å². The molecule has 0 aliphatic heterocycles. The molecule has 1 fully saturated rings. The largest absolute Gasteiger partial charge is 0.494 e. The Balaban J connectivity index is 1.65. The Morgan fingerprint density at radius 3 is 2.85 bits per heavy atom. The van der Waals surface area contributed by atoms with Gasteiger partial charge in [-0.05, 0) is 61.6 Å². The average Bonchev–Trinajstić information content (AvgIpc) is 3.39. The van der Waals surface area contributed by atoms with Crippen LogP contribution in [0.2, 0.25) is 0 Å². The Bertz CT molecular complexity index is 948. The molecule has 0 bridgehead atoms. The van der Waals surface area contributed by atoms with Gasteiger partial charge in [0.25, 0.3) is 5.91 Å². The molecule has 0 atom stereocenters. The molecule has 138 valence electrons. The van der Waals surface area contributed by atoms with Crippen molar-refractivity contribution in [3.8, 4) is 11.4 Å². The van der Waals surface area contributed by atoms with E-state index in [1.54, 1.807) is 41.3 Å². The highest BCUT2D eigenvalue weighted by Crippen LogP contribution is 2.32. The summed E-state index contributed by atoms with van der Waals surface area (Å²) in [5, 5.41) is 4.53. The van der Waals surface area contributed by atoms with Crippen LogP contribution < -0.4 is 9.64 Å². The lowest BCUT2D eigenvalue weighted by Gasteiger charge is -2.21. The Hall–Kier alpha value is -3.15. The van der Waals surface area contributed by atoms with Gasteiger partial charge in [0.1, 0.15) is 11.4 Å². The highest BCUT2D eigenvalue weighted by atomic mass is 16.5. The van der Waals surface area contributed by atoms with Crippen molar-refractivity contribution >= 4 is 11.6 Å². The smallest absolute Gasteiger partial charge is 0.278 e. The van der Waals surface area contributed by atoms with Gasteiger partial charge in [-0.15, -0.1) is 0 Å². The first-order valence-electron chi connectivity index (χ1n) is 9.08. The van der Waals surface area contributed by atoms with Gasteiger partial charge < -0.3 is 9.64 Å². The van der Waals surface area contributed by atoms with Crippen LogP contribution >= 0.6 is 0 Å². The molecule has 6 heteroatoms. The number of aromatic nitrogens is 3. The van der Waals surface area contributed by atoms with E-state index in [1.165, 1.54) is 12.8 Å². The zero-order chi connectivity index (χ0) is 18.8. The first-order valence-corrected chi connectivity index (χ1v) is 9.08. The summed E-state index contributed by atoms with van der Waals surface area (Å²) in [6.45, 7) is 2.71. The van der Waals surface area contributed by atoms with Crippen molar-refractivity contribution in [2.24, 2.45) is 5.92 Å². The summed E-state index contributed by atoms with van der Waals surface area (Å²) >= 11 is 0. The molecule has 1 saturated carbocycles. The molecule has 27 heavy (non-hydrogen) atoms. The molecule has 0 spiro atoms. The van der Waals surface area contributed by atoms with Crippen molar-refractivity contribution in [3.05, 3.63) is 66.2 Å². The maximum absolute atomic E-state index is 13.2. The van der Waals surface area contributed by atoms with Crippen LogP contribution in [0.3, 0.4) is 0 Å². The van der Waals surface area contributed by atoms with Gasteiger partial charge in [-0.2, -0.15) is 5.10 Å². The standard InChI is InChI=1S/C21H22N4O2/c1-15-5-8-20(27-2)19(12-15)25-11-9-18(23-25)21(26)24(14-16-6-7-16)17-4-3-10-22-13-17/h3-5,8-13,16H,6-7,14H2,1-2H3. The molecule has 1 amide bonds. The summed E-state index contributed by atoms with van der Waals surface area (Å²) in [4.78, 5) is 19.1. The molecule has 2 heterocycles. The number of carbonyl (C=O) groups is 1. The fourth-order valence-electron chi connectivity index (χ4n) is 3.07. The van der Waals surface area contributed by atoms with E-state index < -0.39 is 0 Å². The van der Waals surface area contributed by atoms with Crippen LogP contribution in [0.5, 0.6) is 5.75 Å². The van der Waals surface area contributed by atoms with Crippen LogP contribution in [-0.4, -0.2) is 34.3 Å². The number of hydrogen-bond donors (Lipinski definition) is 0. The third kappa shape index (κ3) is 3.69. The van der Waals surface area contributed by atoms with E-state index in [0.717, 1.165) is 16.9 Å². The van der Waals surface area contributed by atoms with E-state index in [-0.39, 0.29) is 5.91 Å². The van der Waals surface area contributed by atoms with Crippen molar-refractivity contribution in [1.29, 1.82) is 0 Å². The van der Waals surface area contributed by atoms with E-state index in [2.05, 4.69) is 10.1 Å². The lowest BCUT2D eigenvalue weighted by molar-refractivity contribution is 0.0980. The van der Waals surface area contributed by atoms with E-state index in [0.29, 0.717) is 23.9 Å². The quantitative estimate of drug-likeness (QED) is 0.672. The summed E-state index contributed by atoms with van der Waals surface area (Å²) in [5.74, 6) is 1.16. The second kappa shape index (κ2) is 7.23. The number of carbonyl (C=O) groups excluding carboxylic acids is 1. The molecule has 0 unspecified atom stereocenters. The normalized spacial score (nSPS) is 13.4. The van der Waals surface area contributed by atoms with Gasteiger partial charge in [0.05, 0.1) is 19.0 Å². The summed E-state index contributed by atoms with van der Waals surface area (Å²) in [6, 6.07) is 11.4. The minimum absolute atomic E-state index is 0.111. The number of hydrogen-bond acceptors (Lipinski definition) is 4. The number of rotatable bonds is 6. The minimum atomic E-state index is -0.111. The zero-order valence-corrected chi connectivity index (χ0v) is 15.5. The summed E-state index contributed by atoms with van der Waals surface area (Å²) in [5.41, 5.74) is 3.12. The molecular formula is C21H22N4O2. The molecule has 1 aliphatic carbocycles. The van der Waals surface area contributed by atoms with Crippen LogP contribution in [0.25, 0.3) is 5.69 Å². The van der Waals surface area contributed by atoms with Gasteiger partial charge in [0.15, 0.2) is 5.69 Å². The maximum atomic E-state index is 13.2. The summed E-state index contributed by atoms with van der Waals surface area (Å²) in [7, 11) is 1.63. The Morgan fingerprint density at radius 1 is 1.30 bits per heavy atom. The van der Waals surface area contributed by atoms with Crippen LogP contribution in [0.1, 0.15) is 28.9 Å². The predicted octanol–water partition coefficient (Wildman–Crippen LogP) is 3.64. The van der Waals surface area contributed by atoms with Gasteiger partial charge in [-0.3, -0.25) is 9.78 Å². The highest BCUT2D eigenvalue weighted by Gasteiger charge is 2.29. The third-order valence-electron chi connectivity index (χ3n) is 4.73. The molecule has 0 N–H and O–H groups in total. The van der Waals surface area contributed by atoms with E-state index in [9.17, 15) is 4.79 Å². The number of pyridine rings is 1. The predicted molar refractivity (Wildman–Crippen MR) is 103 cm³/mol. The maximum Gasteiger partial charge on any atom is 0.278 e. The fourth-order valence-corrected chi connectivity index (χ4v) is 3.07. The van der Waals surface area contributed by atoms with Crippen molar-refractivity contribution in [2.45, 2.75) is 19.8 Å². The van der Waals surface area contributed by atoms with E-state index in [4.69, 9.17) is 4.74 Å². The second-order valence-electron chi connectivity index (χ2n) is 6.89. The lowest BCUT2D eigenvalue weighted by atomic mass is 10.2. The number of nitrogens with zero attached hydrogens (tertiary/aromatic N) is 4. The van der Waals surface area contributed by atoms with Crippen molar-refractivity contribution in [1.82, 2.24) is 14.8 Å². The zero-order valence-electron chi connectivity index (χ0n) is 15.5. The number of ether oxygens (including phenoxy) is 1. The van der Waals surface area contributed by atoms with Crippen molar-refractivity contribution in [2.75, 3.05) is 18.6 Å². The molecule has 1 aromatic carbocycles. The molecule has 4 rings (SSSR count). The number of methoxy groups -OCH3 is 1. The molecule has 6 nitrogen and oxygen atoms in total. The molecule has 3 aromatic rings. The number of benzene rings is 1. The van der Waals surface area contributed by atoms with E-state index in [1.807, 2.05) is 37.3 Å². The monoisotopic (exact) mass is 362 g/mol. The van der Waals surface area contributed by atoms with Crippen LogP contribution in [-0.2, 0) is 0 Å². The van der Waals surface area contributed by atoms with Crippen LogP contribution in [0.4, 0.5) is 5.69 Å². The number of anilines is 1. The molecule has 0 radical (unpaired) electrons. The second-order valence-corrected chi connectivity index (χ2v) is 6.89. The SMILES string of the molecule is COc1ccc(C)cc1-n1ccc(C(=O)N(CC2CC2)c2cccnc2)n1. The van der Waals surface area contributed by atoms with Crippen LogP contribution in [0, 0.1) is 12.8 Å². The Morgan fingerprint density at radius 2 is 2.15 bits per heavy atom. The van der Waals surface area contributed by atoms with Gasteiger partial charge in [-0.25, -0.2) is 4.68 Å². The van der Waals surface area contributed by atoms with Gasteiger partial charge >= 0.3 is 0 Å². The van der Waals surface area contributed by atoms with Gasteiger partial charge in [0, 0.05) is 18.9 Å². The first-order chi connectivity index (χ1) is 13.2. The number of amides is 1. The molecular weight excluding hydrogens is 340 g/mol. The molecule has 2 aromatic heterocycles. The first kappa shape index (κ1) is 17.3. The van der Waals surface area contributed by atoms with Crippen LogP contribution in [0.15, 0.2) is 55.0 Å². The van der Waals surface area contributed by atoms with Gasteiger partial charge in [-0.1, -0.05) is 6.07 Å². The summed E-state index contributed by atoms with van der Waals surface area (Å²) in [6.07, 6.45) is 7.56. The fraction of sp³-hybridized carbons (Fsp3) is 0.286. The number of aryl methyl sites for hydroxylation is 1. The topological polar surface area (TPSA) is 60.2 Å². The Kier molecular flexibility index (Phi) is 4.62. The van der Waals surface area contributed by atoms with Gasteiger partial charge in [0.2, 0.25) is 0 Å². The van der Waals surface area contributed by atoms with Crippen molar-refractivity contribution in [3.63, 3.8) is 0 Å².